The van der Waals surface area contributed by atoms with Gasteiger partial charge in [-0.3, -0.25) is 4.98 Å². The maximum atomic E-state index is 11.9. The number of nitrogens with zero attached hydrogens (tertiary/aromatic N) is 1. The molecule has 1 aromatic rings. The first-order chi connectivity index (χ1) is 8.29. The van der Waals surface area contributed by atoms with Crippen molar-refractivity contribution < 1.29 is 9.53 Å². The van der Waals surface area contributed by atoms with Gasteiger partial charge in [0.2, 0.25) is 0 Å². The van der Waals surface area contributed by atoms with Crippen LogP contribution < -0.4 is 0 Å². The Morgan fingerprint density at radius 2 is 2.29 bits per heavy atom. The lowest BCUT2D eigenvalue weighted by Crippen LogP contribution is -2.11. The van der Waals surface area contributed by atoms with E-state index in [4.69, 9.17) is 9.72 Å². The molecule has 3 heteroatoms. The van der Waals surface area contributed by atoms with Gasteiger partial charge in [-0.05, 0) is 50.7 Å². The highest BCUT2D eigenvalue weighted by atomic mass is 16.5. The van der Waals surface area contributed by atoms with E-state index in [1.54, 1.807) is 0 Å². The molecule has 0 spiro atoms. The largest absolute Gasteiger partial charge is 0.462 e. The van der Waals surface area contributed by atoms with Gasteiger partial charge in [-0.25, -0.2) is 4.79 Å². The maximum absolute atomic E-state index is 11.9. The normalized spacial score (nSPS) is 17.9. The molecule has 2 aliphatic carbocycles. The monoisotopic (exact) mass is 231 g/mol. The average molecular weight is 231 g/mol. The van der Waals surface area contributed by atoms with Gasteiger partial charge in [0.15, 0.2) is 0 Å². The standard InChI is InChI=1S/C14H17NO2/c1-2-17-14(16)11-8-10-4-3-5-12(10)15-13(11)9-6-7-9/h8-9H,2-7H2,1H3. The van der Waals surface area contributed by atoms with Crippen LogP contribution in [0.1, 0.15) is 59.4 Å². The van der Waals surface area contributed by atoms with Crippen LogP contribution in [-0.4, -0.2) is 17.6 Å². The Morgan fingerprint density at radius 1 is 1.47 bits per heavy atom. The number of aromatic nitrogens is 1. The van der Waals surface area contributed by atoms with Gasteiger partial charge in [0.1, 0.15) is 0 Å². The molecule has 1 fully saturated rings. The Balaban J connectivity index is 2.02. The van der Waals surface area contributed by atoms with Crippen molar-refractivity contribution in [2.45, 2.75) is 44.9 Å². The molecule has 0 radical (unpaired) electrons. The molecule has 17 heavy (non-hydrogen) atoms. The third kappa shape index (κ3) is 1.94. The van der Waals surface area contributed by atoms with Crippen molar-refractivity contribution in [2.75, 3.05) is 6.61 Å². The zero-order valence-electron chi connectivity index (χ0n) is 10.2. The van der Waals surface area contributed by atoms with Gasteiger partial charge in [0.05, 0.1) is 17.9 Å². The molecule has 90 valence electrons. The minimum absolute atomic E-state index is 0.198. The predicted octanol–water partition coefficient (Wildman–Crippen LogP) is 2.62. The molecule has 0 bridgehead atoms. The number of hydrogen-bond acceptors (Lipinski definition) is 3. The first-order valence-corrected chi connectivity index (χ1v) is 6.49. The number of fused-ring (bicyclic) bond motifs is 1. The molecule has 0 amide bonds. The Hall–Kier alpha value is -1.38. The number of carbonyl (C=O) groups excluding carboxylic acids is 1. The molecule has 1 aromatic heterocycles. The number of esters is 1. The van der Waals surface area contributed by atoms with E-state index in [9.17, 15) is 4.79 Å². The summed E-state index contributed by atoms with van der Waals surface area (Å²) in [5.41, 5.74) is 4.16. The molecule has 0 aromatic carbocycles. The van der Waals surface area contributed by atoms with E-state index >= 15 is 0 Å². The quantitative estimate of drug-likeness (QED) is 0.751. The number of rotatable bonds is 3. The van der Waals surface area contributed by atoms with E-state index < -0.39 is 0 Å². The van der Waals surface area contributed by atoms with Gasteiger partial charge in [0.25, 0.3) is 0 Å². The SMILES string of the molecule is CCOC(=O)c1cc2c(nc1C1CC1)CCC2. The van der Waals surface area contributed by atoms with E-state index in [-0.39, 0.29) is 5.97 Å². The third-order valence-electron chi connectivity index (χ3n) is 3.54. The number of carbonyl (C=O) groups is 1. The van der Waals surface area contributed by atoms with E-state index in [2.05, 4.69) is 0 Å². The summed E-state index contributed by atoms with van der Waals surface area (Å²) in [7, 11) is 0. The lowest BCUT2D eigenvalue weighted by Gasteiger charge is -2.10. The van der Waals surface area contributed by atoms with Crippen LogP contribution in [0.15, 0.2) is 6.07 Å². The molecular weight excluding hydrogens is 214 g/mol. The summed E-state index contributed by atoms with van der Waals surface area (Å²) in [5.74, 6) is 0.303. The second-order valence-electron chi connectivity index (χ2n) is 4.88. The number of aryl methyl sites for hydroxylation is 2. The van der Waals surface area contributed by atoms with Crippen molar-refractivity contribution in [3.05, 3.63) is 28.6 Å². The Labute approximate surface area is 101 Å². The molecule has 3 nitrogen and oxygen atoms in total. The summed E-state index contributed by atoms with van der Waals surface area (Å²) >= 11 is 0. The zero-order valence-corrected chi connectivity index (χ0v) is 10.2. The lowest BCUT2D eigenvalue weighted by molar-refractivity contribution is 0.0524. The first-order valence-electron chi connectivity index (χ1n) is 6.49. The molecule has 0 aliphatic heterocycles. The van der Waals surface area contributed by atoms with E-state index in [1.165, 1.54) is 17.7 Å². The third-order valence-corrected chi connectivity index (χ3v) is 3.54. The fraction of sp³-hybridized carbons (Fsp3) is 0.571. The lowest BCUT2D eigenvalue weighted by atomic mass is 10.1. The molecule has 0 saturated heterocycles. The van der Waals surface area contributed by atoms with Crippen LogP contribution in [0.25, 0.3) is 0 Å². The van der Waals surface area contributed by atoms with E-state index in [0.29, 0.717) is 12.5 Å². The smallest absolute Gasteiger partial charge is 0.339 e. The second-order valence-corrected chi connectivity index (χ2v) is 4.88. The number of hydrogen-bond donors (Lipinski definition) is 0. The summed E-state index contributed by atoms with van der Waals surface area (Å²) in [6.45, 7) is 2.27. The van der Waals surface area contributed by atoms with Crippen molar-refractivity contribution in [2.24, 2.45) is 0 Å². The summed E-state index contributed by atoms with van der Waals surface area (Å²) in [5, 5.41) is 0. The summed E-state index contributed by atoms with van der Waals surface area (Å²) in [6, 6.07) is 2.03. The predicted molar refractivity (Wildman–Crippen MR) is 64.2 cm³/mol. The van der Waals surface area contributed by atoms with Crippen LogP contribution in [0, 0.1) is 0 Å². The highest BCUT2D eigenvalue weighted by Crippen LogP contribution is 2.42. The highest BCUT2D eigenvalue weighted by Gasteiger charge is 2.32. The highest BCUT2D eigenvalue weighted by molar-refractivity contribution is 5.91. The summed E-state index contributed by atoms with van der Waals surface area (Å²) in [6.07, 6.45) is 5.62. The maximum Gasteiger partial charge on any atom is 0.339 e. The molecule has 1 saturated carbocycles. The Kier molecular flexibility index (Phi) is 2.61. The first kappa shape index (κ1) is 10.8. The minimum atomic E-state index is -0.198. The van der Waals surface area contributed by atoms with Crippen molar-refractivity contribution in [3.63, 3.8) is 0 Å². The van der Waals surface area contributed by atoms with Crippen LogP contribution in [-0.2, 0) is 17.6 Å². The van der Waals surface area contributed by atoms with Crippen LogP contribution in [0.5, 0.6) is 0 Å². The zero-order chi connectivity index (χ0) is 11.8. The average Bonchev–Trinajstić information content (AvgIpc) is 3.07. The van der Waals surface area contributed by atoms with Crippen LogP contribution in [0.4, 0.5) is 0 Å². The van der Waals surface area contributed by atoms with Crippen LogP contribution >= 0.6 is 0 Å². The second kappa shape index (κ2) is 4.13. The van der Waals surface area contributed by atoms with Gasteiger partial charge in [0, 0.05) is 11.6 Å². The topological polar surface area (TPSA) is 39.2 Å². The van der Waals surface area contributed by atoms with E-state index in [0.717, 1.165) is 36.9 Å². The van der Waals surface area contributed by atoms with Crippen molar-refractivity contribution in [1.29, 1.82) is 0 Å². The van der Waals surface area contributed by atoms with Crippen LogP contribution in [0.2, 0.25) is 0 Å². The molecule has 2 aliphatic rings. The molecule has 0 N–H and O–H groups in total. The molecule has 0 atom stereocenters. The number of ether oxygens (including phenoxy) is 1. The Morgan fingerprint density at radius 3 is 3.00 bits per heavy atom. The molecular formula is C14H17NO2. The summed E-state index contributed by atoms with van der Waals surface area (Å²) in [4.78, 5) is 16.7. The molecule has 1 heterocycles. The van der Waals surface area contributed by atoms with Gasteiger partial charge in [-0.1, -0.05) is 0 Å². The van der Waals surface area contributed by atoms with Crippen molar-refractivity contribution in [1.82, 2.24) is 4.98 Å². The molecule has 3 rings (SSSR count). The fourth-order valence-corrected chi connectivity index (χ4v) is 2.53. The van der Waals surface area contributed by atoms with Gasteiger partial charge < -0.3 is 4.74 Å². The van der Waals surface area contributed by atoms with Gasteiger partial charge >= 0.3 is 5.97 Å². The van der Waals surface area contributed by atoms with Crippen LogP contribution in [0.3, 0.4) is 0 Å². The van der Waals surface area contributed by atoms with Crippen molar-refractivity contribution >= 4 is 5.97 Å². The number of pyridine rings is 1. The van der Waals surface area contributed by atoms with Gasteiger partial charge in [-0.15, -0.1) is 0 Å². The fourth-order valence-electron chi connectivity index (χ4n) is 2.53. The van der Waals surface area contributed by atoms with E-state index in [1.807, 2.05) is 13.0 Å². The minimum Gasteiger partial charge on any atom is -0.462 e. The van der Waals surface area contributed by atoms with Gasteiger partial charge in [-0.2, -0.15) is 0 Å². The molecule has 0 unspecified atom stereocenters. The van der Waals surface area contributed by atoms with Crippen molar-refractivity contribution in [3.8, 4) is 0 Å². The summed E-state index contributed by atoms with van der Waals surface area (Å²) < 4.78 is 5.13. The Bertz CT molecular complexity index is 464.